The number of esters is 1. The molecule has 0 saturated carbocycles. The lowest BCUT2D eigenvalue weighted by molar-refractivity contribution is -0.134. The molecule has 0 amide bonds. The van der Waals surface area contributed by atoms with Crippen molar-refractivity contribution < 1.29 is 22.3 Å². The van der Waals surface area contributed by atoms with Crippen molar-refractivity contribution in [3.8, 4) is 11.3 Å². The fourth-order valence-electron chi connectivity index (χ4n) is 4.20. The molecule has 0 aliphatic carbocycles. The quantitative estimate of drug-likeness (QED) is 0.243. The molecule has 0 saturated heterocycles. The molecule has 0 fully saturated rings. The van der Waals surface area contributed by atoms with Crippen LogP contribution in [0.15, 0.2) is 53.9 Å². The molecule has 1 aliphatic heterocycles. The first kappa shape index (κ1) is 26.7. The smallest absolute Gasteiger partial charge is 0.330 e. The van der Waals surface area contributed by atoms with Crippen molar-refractivity contribution in [3.63, 3.8) is 0 Å². The summed E-state index contributed by atoms with van der Waals surface area (Å²) in [5.41, 5.74) is 4.13. The number of carbonyl (C=O) groups is 1. The highest BCUT2D eigenvalue weighted by Gasteiger charge is 2.23. The molecule has 1 aromatic carbocycles. The van der Waals surface area contributed by atoms with E-state index in [4.69, 9.17) is 14.8 Å². The Morgan fingerprint density at radius 1 is 1.15 bits per heavy atom. The Morgan fingerprint density at radius 3 is 2.59 bits per heavy atom. The summed E-state index contributed by atoms with van der Waals surface area (Å²) in [7, 11) is -0.149. The Labute approximate surface area is 228 Å². The van der Waals surface area contributed by atoms with E-state index in [0.717, 1.165) is 11.1 Å². The van der Waals surface area contributed by atoms with Crippen LogP contribution in [0.1, 0.15) is 17.8 Å². The van der Waals surface area contributed by atoms with Gasteiger partial charge in [0.05, 0.1) is 24.8 Å². The molecule has 39 heavy (non-hydrogen) atoms. The first-order valence-electron chi connectivity index (χ1n) is 11.9. The SMILES string of the molecule is COC(=O)/C=C/c1nc2ccc(C3=CCN(S(C)(=O)=O)CC3)nn2c1N(C)c1nc(-c2ccc(F)cc2)cs1. The highest BCUT2D eigenvalue weighted by atomic mass is 32.2. The van der Waals surface area contributed by atoms with Gasteiger partial charge in [-0.15, -0.1) is 11.3 Å². The maximum absolute atomic E-state index is 13.4. The van der Waals surface area contributed by atoms with Gasteiger partial charge in [0, 0.05) is 37.2 Å². The van der Waals surface area contributed by atoms with Gasteiger partial charge < -0.3 is 9.64 Å². The normalized spacial score (nSPS) is 14.6. The van der Waals surface area contributed by atoms with E-state index in [1.54, 1.807) is 22.7 Å². The molecule has 4 heterocycles. The van der Waals surface area contributed by atoms with Crippen molar-refractivity contribution in [2.75, 3.05) is 38.4 Å². The van der Waals surface area contributed by atoms with Crippen LogP contribution in [0.5, 0.6) is 0 Å². The van der Waals surface area contributed by atoms with Crippen LogP contribution in [0.4, 0.5) is 15.3 Å². The summed E-state index contributed by atoms with van der Waals surface area (Å²) in [6, 6.07) is 9.79. The van der Waals surface area contributed by atoms with Gasteiger partial charge in [0.25, 0.3) is 0 Å². The van der Waals surface area contributed by atoms with Gasteiger partial charge in [-0.3, -0.25) is 0 Å². The number of methoxy groups -OCH3 is 1. The van der Waals surface area contributed by atoms with Gasteiger partial charge in [-0.25, -0.2) is 27.6 Å². The molecule has 10 nitrogen and oxygen atoms in total. The molecule has 0 radical (unpaired) electrons. The van der Waals surface area contributed by atoms with Crippen LogP contribution >= 0.6 is 11.3 Å². The van der Waals surface area contributed by atoms with E-state index in [0.29, 0.717) is 46.6 Å². The van der Waals surface area contributed by atoms with Crippen LogP contribution < -0.4 is 4.90 Å². The van der Waals surface area contributed by atoms with E-state index in [1.165, 1.54) is 47.2 Å². The van der Waals surface area contributed by atoms with E-state index in [1.807, 2.05) is 35.5 Å². The molecule has 202 valence electrons. The molecule has 4 aromatic rings. The fraction of sp³-hybridized carbons (Fsp3) is 0.231. The lowest BCUT2D eigenvalue weighted by Crippen LogP contribution is -2.33. The number of imidazole rings is 1. The molecular formula is C26H25FN6O4S2. The van der Waals surface area contributed by atoms with Crippen molar-refractivity contribution in [3.05, 3.63) is 71.1 Å². The number of carbonyl (C=O) groups excluding carboxylic acids is 1. The molecule has 0 unspecified atom stereocenters. The Balaban J connectivity index is 1.56. The predicted molar refractivity (Wildman–Crippen MR) is 149 cm³/mol. The third kappa shape index (κ3) is 5.60. The van der Waals surface area contributed by atoms with Gasteiger partial charge in [0.2, 0.25) is 10.0 Å². The molecule has 0 bridgehead atoms. The number of fused-ring (bicyclic) bond motifs is 1. The minimum absolute atomic E-state index is 0.281. The number of anilines is 2. The lowest BCUT2D eigenvalue weighted by atomic mass is 10.1. The second-order valence-electron chi connectivity index (χ2n) is 8.85. The molecule has 5 rings (SSSR count). The van der Waals surface area contributed by atoms with Crippen molar-refractivity contribution in [1.29, 1.82) is 0 Å². The zero-order valence-corrected chi connectivity index (χ0v) is 23.0. The zero-order chi connectivity index (χ0) is 27.7. The van der Waals surface area contributed by atoms with Gasteiger partial charge in [0.15, 0.2) is 16.6 Å². The maximum atomic E-state index is 13.4. The van der Waals surface area contributed by atoms with Gasteiger partial charge in [-0.1, -0.05) is 6.08 Å². The van der Waals surface area contributed by atoms with Crippen molar-refractivity contribution >= 4 is 55.6 Å². The average Bonchev–Trinajstić information content (AvgIpc) is 3.56. The Hall–Kier alpha value is -3.94. The van der Waals surface area contributed by atoms with E-state index in [2.05, 4.69) is 4.98 Å². The fourth-order valence-corrected chi connectivity index (χ4v) is 5.77. The molecular weight excluding hydrogens is 543 g/mol. The minimum atomic E-state index is -3.27. The van der Waals surface area contributed by atoms with Gasteiger partial charge in [0.1, 0.15) is 11.5 Å². The first-order valence-corrected chi connectivity index (χ1v) is 14.6. The minimum Gasteiger partial charge on any atom is -0.466 e. The maximum Gasteiger partial charge on any atom is 0.330 e. The number of hydrogen-bond acceptors (Lipinski definition) is 9. The van der Waals surface area contributed by atoms with Crippen LogP contribution in [-0.4, -0.2) is 71.8 Å². The van der Waals surface area contributed by atoms with E-state index in [-0.39, 0.29) is 12.4 Å². The van der Waals surface area contributed by atoms with Crippen molar-refractivity contribution in [2.24, 2.45) is 0 Å². The van der Waals surface area contributed by atoms with E-state index >= 15 is 0 Å². The first-order chi connectivity index (χ1) is 18.6. The average molecular weight is 569 g/mol. The summed E-state index contributed by atoms with van der Waals surface area (Å²) < 4.78 is 45.0. The summed E-state index contributed by atoms with van der Waals surface area (Å²) in [4.78, 5) is 23.1. The summed E-state index contributed by atoms with van der Waals surface area (Å²) in [5.74, 6) is -0.274. The third-order valence-electron chi connectivity index (χ3n) is 6.26. The van der Waals surface area contributed by atoms with Crippen LogP contribution in [0, 0.1) is 5.82 Å². The standard InChI is InChI=1S/C26H25FN6O4S2/c1-31(26-29-22(16-38-26)17-4-6-19(27)7-5-17)25-21(9-11-24(34)37-2)28-23-10-8-20(30-33(23)25)18-12-14-32(15-13-18)39(3,35)36/h4-12,16H,13-15H2,1-3H3/b11-9+. The molecule has 1 aliphatic rings. The number of ether oxygens (including phenoxy) is 1. The van der Waals surface area contributed by atoms with Crippen LogP contribution in [-0.2, 0) is 19.6 Å². The monoisotopic (exact) mass is 568 g/mol. The highest BCUT2D eigenvalue weighted by molar-refractivity contribution is 7.88. The largest absolute Gasteiger partial charge is 0.466 e. The third-order valence-corrected chi connectivity index (χ3v) is 8.45. The zero-order valence-electron chi connectivity index (χ0n) is 21.4. The van der Waals surface area contributed by atoms with Gasteiger partial charge in [-0.2, -0.15) is 13.9 Å². The Morgan fingerprint density at radius 2 is 1.92 bits per heavy atom. The van der Waals surface area contributed by atoms with Gasteiger partial charge >= 0.3 is 5.97 Å². The topological polar surface area (TPSA) is 110 Å². The number of aromatic nitrogens is 4. The van der Waals surface area contributed by atoms with Crippen LogP contribution in [0.3, 0.4) is 0 Å². The summed E-state index contributed by atoms with van der Waals surface area (Å²) in [6.45, 7) is 0.655. The summed E-state index contributed by atoms with van der Waals surface area (Å²) in [5, 5.41) is 7.35. The van der Waals surface area contributed by atoms with E-state index < -0.39 is 16.0 Å². The molecule has 3 aromatic heterocycles. The number of hydrogen-bond donors (Lipinski definition) is 0. The number of benzene rings is 1. The number of rotatable bonds is 7. The van der Waals surface area contributed by atoms with E-state index in [9.17, 15) is 17.6 Å². The Bertz CT molecular complexity index is 1710. The van der Waals surface area contributed by atoms with Gasteiger partial charge in [-0.05, 0) is 54.5 Å². The summed E-state index contributed by atoms with van der Waals surface area (Å²) in [6.07, 6.45) is 6.44. The summed E-state index contributed by atoms with van der Waals surface area (Å²) >= 11 is 1.40. The number of thiazole rings is 1. The number of sulfonamides is 1. The van der Waals surface area contributed by atoms with Crippen molar-refractivity contribution in [2.45, 2.75) is 6.42 Å². The molecule has 13 heteroatoms. The molecule has 0 spiro atoms. The number of halogens is 1. The van der Waals surface area contributed by atoms with Crippen molar-refractivity contribution in [1.82, 2.24) is 23.9 Å². The predicted octanol–water partition coefficient (Wildman–Crippen LogP) is 3.99. The lowest BCUT2D eigenvalue weighted by Gasteiger charge is -2.24. The second kappa shape index (κ2) is 10.7. The number of nitrogens with zero attached hydrogens (tertiary/aromatic N) is 6. The Kier molecular flexibility index (Phi) is 7.30. The van der Waals surface area contributed by atoms with Crippen LogP contribution in [0.25, 0.3) is 28.6 Å². The highest BCUT2D eigenvalue weighted by Crippen LogP contribution is 2.34. The van der Waals surface area contributed by atoms with Crippen LogP contribution in [0.2, 0.25) is 0 Å². The molecule has 0 atom stereocenters. The second-order valence-corrected chi connectivity index (χ2v) is 11.7. The molecule has 0 N–H and O–H groups in total.